The van der Waals surface area contributed by atoms with Gasteiger partial charge in [0.25, 0.3) is 0 Å². The minimum absolute atomic E-state index is 0.0658. The molecule has 0 fully saturated rings. The van der Waals surface area contributed by atoms with Crippen LogP contribution in [0, 0.1) is 41.5 Å². The average Bonchev–Trinajstić information content (AvgIpc) is 3.25. The molecule has 3 aliphatic rings. The van der Waals surface area contributed by atoms with Crippen molar-refractivity contribution in [3.05, 3.63) is 166 Å². The normalized spacial score (nSPS) is 13.4. The van der Waals surface area contributed by atoms with E-state index in [9.17, 15) is 0 Å². The number of rotatable bonds is 8. The Bertz CT molecular complexity index is 2900. The predicted octanol–water partition coefficient (Wildman–Crippen LogP) is 11.4. The van der Waals surface area contributed by atoms with E-state index in [1.54, 1.807) is 0 Å². The fraction of sp³-hybridized carbons (Fsp3) is 0.241. The first-order valence-electron chi connectivity index (χ1n) is 23.3. The van der Waals surface area contributed by atoms with Crippen molar-refractivity contribution >= 4 is 102 Å². The van der Waals surface area contributed by atoms with Crippen LogP contribution in [-0.2, 0) is 12.8 Å². The van der Waals surface area contributed by atoms with E-state index in [0.717, 1.165) is 12.8 Å². The molecule has 4 heteroatoms. The minimum Gasteiger partial charge on any atom is -0.307 e. The summed E-state index contributed by atoms with van der Waals surface area (Å²) in [5.74, 6) is 0. The van der Waals surface area contributed by atoms with Crippen LogP contribution < -0.4 is 42.6 Å². The SMILES string of the molecule is CCCCc1ccc2c(c1)B(c1c(C)cc(C)cc1C)c1c3c(cc4ccccc14)N1c4ccc(CCCC)cc4B(c4c(C)cc(C)cc4C)c4c1c(cc1ccccc41)N23. The van der Waals surface area contributed by atoms with E-state index >= 15 is 0 Å². The van der Waals surface area contributed by atoms with Crippen LogP contribution in [0.3, 0.4) is 0 Å². The monoisotopic (exact) mass is 802 g/mol. The molecule has 3 heterocycles. The number of hydrogen-bond donors (Lipinski definition) is 0. The summed E-state index contributed by atoms with van der Waals surface area (Å²) in [7, 11) is 0. The third-order valence-corrected chi connectivity index (χ3v) is 14.6. The molecule has 0 unspecified atom stereocenters. The second-order valence-corrected chi connectivity index (χ2v) is 18.9. The topological polar surface area (TPSA) is 6.48 Å². The number of hydrogen-bond acceptors (Lipinski definition) is 2. The van der Waals surface area contributed by atoms with Gasteiger partial charge in [-0.3, -0.25) is 0 Å². The van der Waals surface area contributed by atoms with Crippen LogP contribution in [0.25, 0.3) is 21.5 Å². The van der Waals surface area contributed by atoms with Gasteiger partial charge < -0.3 is 9.80 Å². The molecule has 0 aromatic heterocycles. The highest BCUT2D eigenvalue weighted by Crippen LogP contribution is 2.57. The lowest BCUT2D eigenvalue weighted by Gasteiger charge is -2.50. The fourth-order valence-electron chi connectivity index (χ4n) is 12.2. The van der Waals surface area contributed by atoms with Gasteiger partial charge >= 0.3 is 0 Å². The summed E-state index contributed by atoms with van der Waals surface area (Å²) in [5, 5.41) is 5.26. The Labute approximate surface area is 369 Å². The summed E-state index contributed by atoms with van der Waals surface area (Å²) >= 11 is 0. The van der Waals surface area contributed by atoms with Gasteiger partial charge in [0, 0.05) is 11.4 Å². The number of anilines is 6. The summed E-state index contributed by atoms with van der Waals surface area (Å²) in [6.45, 7) is 18.6. The van der Waals surface area contributed by atoms with E-state index in [-0.39, 0.29) is 13.4 Å². The Morgan fingerprint density at radius 2 is 0.790 bits per heavy atom. The van der Waals surface area contributed by atoms with Gasteiger partial charge in [0.15, 0.2) is 0 Å². The average molecular weight is 803 g/mol. The van der Waals surface area contributed by atoms with E-state index in [1.807, 2.05) is 0 Å². The Kier molecular flexibility index (Phi) is 9.31. The molecule has 0 amide bonds. The second kappa shape index (κ2) is 14.8. The standard InChI is InChI=1S/C58H56B2N2/c1-9-11-17-41-23-25-49-47(31-41)59(53-37(5)27-35(3)28-38(53)6)55-45-21-15-13-19-43(45)34-52-57(55)61(49)51-33-44-20-14-16-22-46(44)56-58(51)62(52)50-26-24-42(18-12-10-2)32-48(50)60(56)54-39(7)29-36(4)30-40(54)8/h13-16,19-34H,9-12,17-18H2,1-8H3. The zero-order chi connectivity index (χ0) is 42.6. The summed E-state index contributed by atoms with van der Waals surface area (Å²) in [6, 6.07) is 48.1. The Morgan fingerprint density at radius 1 is 0.403 bits per heavy atom. The van der Waals surface area contributed by atoms with Gasteiger partial charge in [-0.1, -0.05) is 168 Å². The summed E-state index contributed by atoms with van der Waals surface area (Å²) in [5.41, 5.74) is 27.3. The number of aryl methyl sites for hydroxylation is 8. The first-order chi connectivity index (χ1) is 30.2. The Morgan fingerprint density at radius 3 is 1.18 bits per heavy atom. The van der Waals surface area contributed by atoms with E-state index in [0.29, 0.717) is 0 Å². The minimum atomic E-state index is 0.0658. The molecule has 304 valence electrons. The molecule has 0 saturated heterocycles. The molecule has 11 rings (SSSR count). The highest BCUT2D eigenvalue weighted by Gasteiger charge is 2.48. The van der Waals surface area contributed by atoms with E-state index in [2.05, 4.69) is 187 Å². The van der Waals surface area contributed by atoms with Crippen molar-refractivity contribution in [1.29, 1.82) is 0 Å². The zero-order valence-corrected chi connectivity index (χ0v) is 37.8. The van der Waals surface area contributed by atoms with E-state index < -0.39 is 0 Å². The van der Waals surface area contributed by atoms with Gasteiger partial charge in [-0.2, -0.15) is 0 Å². The fourth-order valence-corrected chi connectivity index (χ4v) is 12.2. The number of benzene rings is 8. The molecule has 62 heavy (non-hydrogen) atoms. The van der Waals surface area contributed by atoms with Crippen LogP contribution in [0.1, 0.15) is 84.0 Å². The number of fused-ring (bicyclic) bond motifs is 10. The molecule has 0 saturated carbocycles. The third kappa shape index (κ3) is 5.78. The molecule has 0 atom stereocenters. The number of unbranched alkanes of at least 4 members (excludes halogenated alkanes) is 2. The van der Waals surface area contributed by atoms with Crippen molar-refractivity contribution < 1.29 is 0 Å². The maximum atomic E-state index is 2.71. The molecule has 0 aliphatic carbocycles. The van der Waals surface area contributed by atoms with E-state index in [4.69, 9.17) is 0 Å². The highest BCUT2D eigenvalue weighted by atomic mass is 15.3. The maximum Gasteiger partial charge on any atom is 0.248 e. The third-order valence-electron chi connectivity index (χ3n) is 14.6. The van der Waals surface area contributed by atoms with Gasteiger partial charge in [0.1, 0.15) is 0 Å². The van der Waals surface area contributed by atoms with Crippen molar-refractivity contribution in [3.63, 3.8) is 0 Å². The molecule has 0 bridgehead atoms. The second-order valence-electron chi connectivity index (χ2n) is 18.9. The maximum absolute atomic E-state index is 2.71. The first kappa shape index (κ1) is 38.9. The van der Waals surface area contributed by atoms with Crippen LogP contribution in [0.2, 0.25) is 0 Å². The molecule has 3 aliphatic heterocycles. The summed E-state index contributed by atoms with van der Waals surface area (Å²) in [6.07, 6.45) is 6.91. The van der Waals surface area contributed by atoms with E-state index in [1.165, 1.54) is 159 Å². The molecule has 8 aromatic rings. The lowest BCUT2D eigenvalue weighted by Crippen LogP contribution is -2.62. The Hall–Kier alpha value is -5.99. The molecular weight excluding hydrogens is 746 g/mol. The summed E-state index contributed by atoms with van der Waals surface area (Å²) < 4.78 is 0. The van der Waals surface area contributed by atoms with Crippen molar-refractivity contribution in [3.8, 4) is 0 Å². The molecule has 0 radical (unpaired) electrons. The smallest absolute Gasteiger partial charge is 0.248 e. The van der Waals surface area contributed by atoms with Crippen LogP contribution in [-0.4, -0.2) is 13.4 Å². The number of nitrogens with zero attached hydrogens (tertiary/aromatic N) is 2. The van der Waals surface area contributed by atoms with Gasteiger partial charge in [-0.25, -0.2) is 0 Å². The van der Waals surface area contributed by atoms with Gasteiger partial charge in [0.05, 0.1) is 22.7 Å². The van der Waals surface area contributed by atoms with Gasteiger partial charge in [-0.05, 0) is 146 Å². The molecule has 0 spiro atoms. The Balaban J connectivity index is 1.32. The van der Waals surface area contributed by atoms with Crippen LogP contribution >= 0.6 is 0 Å². The molecule has 0 N–H and O–H groups in total. The molecule has 2 nitrogen and oxygen atoms in total. The zero-order valence-electron chi connectivity index (χ0n) is 37.8. The van der Waals surface area contributed by atoms with Crippen molar-refractivity contribution in [2.75, 3.05) is 9.80 Å². The van der Waals surface area contributed by atoms with Crippen molar-refractivity contribution in [2.45, 2.75) is 93.9 Å². The quantitative estimate of drug-likeness (QED) is 0.141. The molecule has 8 aromatic carbocycles. The highest BCUT2D eigenvalue weighted by molar-refractivity contribution is 7.01. The van der Waals surface area contributed by atoms with Crippen LogP contribution in [0.15, 0.2) is 121 Å². The molecular formula is C58H56B2N2. The largest absolute Gasteiger partial charge is 0.307 e. The van der Waals surface area contributed by atoms with Gasteiger partial charge in [0.2, 0.25) is 13.4 Å². The van der Waals surface area contributed by atoms with Crippen molar-refractivity contribution in [1.82, 2.24) is 0 Å². The first-order valence-corrected chi connectivity index (χ1v) is 23.3. The lowest BCUT2D eigenvalue weighted by atomic mass is 9.32. The van der Waals surface area contributed by atoms with Crippen LogP contribution in [0.5, 0.6) is 0 Å². The van der Waals surface area contributed by atoms with Crippen molar-refractivity contribution in [2.24, 2.45) is 0 Å². The van der Waals surface area contributed by atoms with Crippen LogP contribution in [0.4, 0.5) is 34.1 Å². The lowest BCUT2D eigenvalue weighted by molar-refractivity contribution is 0.795. The predicted molar refractivity (Wildman–Crippen MR) is 272 cm³/mol. The van der Waals surface area contributed by atoms with Gasteiger partial charge in [-0.15, -0.1) is 0 Å². The summed E-state index contributed by atoms with van der Waals surface area (Å²) in [4.78, 5) is 5.42.